The minimum Gasteiger partial charge on any atom is -0.508 e. The lowest BCUT2D eigenvalue weighted by atomic mass is 9.96. The lowest BCUT2D eigenvalue weighted by Gasteiger charge is -2.20. The molecule has 0 amide bonds. The maximum Gasteiger partial charge on any atom is 0.407 e. The predicted molar refractivity (Wildman–Crippen MR) is 50.6 cm³/mol. The fourth-order valence-corrected chi connectivity index (χ4v) is 1.61. The average molecular weight is 219 g/mol. The van der Waals surface area contributed by atoms with Gasteiger partial charge in [0, 0.05) is 0 Å². The van der Waals surface area contributed by atoms with Crippen LogP contribution in [0.25, 0.3) is 0 Å². The van der Waals surface area contributed by atoms with Gasteiger partial charge in [0.2, 0.25) is 0 Å². The van der Waals surface area contributed by atoms with Gasteiger partial charge in [-0.05, 0) is 42.7 Å². The summed E-state index contributed by atoms with van der Waals surface area (Å²) in [5.74, 6) is -0.0527. The van der Waals surface area contributed by atoms with Crippen molar-refractivity contribution in [2.24, 2.45) is 5.73 Å². The number of hydrogen-bond acceptors (Lipinski definition) is 2. The molecule has 5 heteroatoms. The minimum absolute atomic E-state index is 0.0281. The summed E-state index contributed by atoms with van der Waals surface area (Å²) >= 11 is 0. The van der Waals surface area contributed by atoms with Gasteiger partial charge in [0.25, 0.3) is 0 Å². The first-order chi connectivity index (χ1) is 6.73. The smallest absolute Gasteiger partial charge is 0.407 e. The first-order valence-electron chi connectivity index (χ1n) is 4.36. The van der Waals surface area contributed by atoms with E-state index >= 15 is 0 Å². The van der Waals surface area contributed by atoms with Crippen molar-refractivity contribution in [1.82, 2.24) is 0 Å². The van der Waals surface area contributed by atoms with Gasteiger partial charge >= 0.3 is 6.18 Å². The van der Waals surface area contributed by atoms with Crippen LogP contribution in [0.3, 0.4) is 0 Å². The van der Waals surface area contributed by atoms with Crippen molar-refractivity contribution in [2.45, 2.75) is 26.1 Å². The zero-order chi connectivity index (χ0) is 11.8. The number of nitrogens with two attached hydrogens (primary N) is 1. The topological polar surface area (TPSA) is 46.2 Å². The van der Waals surface area contributed by atoms with E-state index in [0.717, 1.165) is 0 Å². The Labute approximate surface area is 85.5 Å². The van der Waals surface area contributed by atoms with Crippen molar-refractivity contribution in [3.05, 3.63) is 28.8 Å². The van der Waals surface area contributed by atoms with Crippen LogP contribution in [0.2, 0.25) is 0 Å². The summed E-state index contributed by atoms with van der Waals surface area (Å²) in [6.45, 7) is 2.99. The first kappa shape index (κ1) is 11.8. The molecule has 0 unspecified atom stereocenters. The SMILES string of the molecule is Cc1cc(O)cc(C)c1[C@H](N)C(F)(F)F. The molecule has 3 N–H and O–H groups in total. The lowest BCUT2D eigenvalue weighted by Crippen LogP contribution is -2.29. The highest BCUT2D eigenvalue weighted by Crippen LogP contribution is 2.35. The van der Waals surface area contributed by atoms with Crippen molar-refractivity contribution >= 4 is 0 Å². The molecule has 0 saturated heterocycles. The maximum absolute atomic E-state index is 12.4. The fraction of sp³-hybridized carbons (Fsp3) is 0.400. The number of benzene rings is 1. The van der Waals surface area contributed by atoms with Gasteiger partial charge in [-0.2, -0.15) is 13.2 Å². The third kappa shape index (κ3) is 2.41. The molecule has 0 aliphatic carbocycles. The number of hydrogen-bond donors (Lipinski definition) is 2. The zero-order valence-corrected chi connectivity index (χ0v) is 8.39. The maximum atomic E-state index is 12.4. The van der Waals surface area contributed by atoms with E-state index in [4.69, 9.17) is 5.73 Å². The normalized spacial score (nSPS) is 14.0. The molecule has 0 radical (unpaired) electrons. The second-order valence-corrected chi connectivity index (χ2v) is 3.51. The monoisotopic (exact) mass is 219 g/mol. The highest BCUT2D eigenvalue weighted by molar-refractivity contribution is 5.42. The van der Waals surface area contributed by atoms with Crippen molar-refractivity contribution in [3.8, 4) is 5.75 Å². The van der Waals surface area contributed by atoms with E-state index in [1.54, 1.807) is 0 Å². The van der Waals surface area contributed by atoms with Gasteiger partial charge in [-0.15, -0.1) is 0 Å². The number of phenolic OH excluding ortho intramolecular Hbond substituents is 1. The van der Waals surface area contributed by atoms with Gasteiger partial charge in [-0.1, -0.05) is 0 Å². The van der Waals surface area contributed by atoms with Crippen LogP contribution in [-0.2, 0) is 0 Å². The molecule has 84 valence electrons. The standard InChI is InChI=1S/C10H12F3NO/c1-5-3-7(15)4-6(2)8(5)9(14)10(11,12)13/h3-4,9,15H,14H2,1-2H3/t9-/m0/s1. The zero-order valence-electron chi connectivity index (χ0n) is 8.39. The Morgan fingerprint density at radius 3 is 1.93 bits per heavy atom. The van der Waals surface area contributed by atoms with Gasteiger partial charge < -0.3 is 10.8 Å². The van der Waals surface area contributed by atoms with Crippen molar-refractivity contribution in [2.75, 3.05) is 0 Å². The number of alkyl halides is 3. The Bertz CT molecular complexity index is 350. The third-order valence-electron chi connectivity index (χ3n) is 2.24. The van der Waals surface area contributed by atoms with Gasteiger partial charge in [-0.25, -0.2) is 0 Å². The van der Waals surface area contributed by atoms with E-state index in [9.17, 15) is 18.3 Å². The highest BCUT2D eigenvalue weighted by Gasteiger charge is 2.39. The molecule has 0 aliphatic heterocycles. The summed E-state index contributed by atoms with van der Waals surface area (Å²) < 4.78 is 37.2. The van der Waals surface area contributed by atoms with Crippen LogP contribution in [-0.4, -0.2) is 11.3 Å². The van der Waals surface area contributed by atoms with Crippen LogP contribution in [0.4, 0.5) is 13.2 Å². The predicted octanol–water partition coefficient (Wildman–Crippen LogP) is 2.57. The van der Waals surface area contributed by atoms with Crippen LogP contribution in [0.15, 0.2) is 12.1 Å². The molecule has 0 fully saturated rings. The summed E-state index contributed by atoms with van der Waals surface area (Å²) in [6.07, 6.45) is -4.47. The Hall–Kier alpha value is -1.23. The molecular formula is C10H12F3NO. The molecule has 15 heavy (non-hydrogen) atoms. The van der Waals surface area contributed by atoms with Gasteiger partial charge in [0.05, 0.1) is 0 Å². The molecule has 0 heterocycles. The Morgan fingerprint density at radius 2 is 1.60 bits per heavy atom. The molecule has 1 rings (SSSR count). The molecule has 1 atom stereocenters. The molecule has 0 saturated carbocycles. The number of rotatable bonds is 1. The molecule has 1 aromatic carbocycles. The number of aryl methyl sites for hydroxylation is 2. The average Bonchev–Trinajstić information content (AvgIpc) is 1.99. The first-order valence-corrected chi connectivity index (χ1v) is 4.36. The Morgan fingerprint density at radius 1 is 1.20 bits per heavy atom. The number of halogens is 3. The van der Waals surface area contributed by atoms with Gasteiger partial charge in [0.1, 0.15) is 11.8 Å². The Balaban J connectivity index is 3.26. The van der Waals surface area contributed by atoms with E-state index in [0.29, 0.717) is 11.1 Å². The summed E-state index contributed by atoms with van der Waals surface area (Å²) in [4.78, 5) is 0. The second-order valence-electron chi connectivity index (χ2n) is 3.51. The molecule has 0 bridgehead atoms. The van der Waals surface area contributed by atoms with Gasteiger partial charge in [0.15, 0.2) is 0 Å². The van der Waals surface area contributed by atoms with Crippen LogP contribution in [0, 0.1) is 13.8 Å². The fourth-order valence-electron chi connectivity index (χ4n) is 1.61. The van der Waals surface area contributed by atoms with Crippen LogP contribution in [0.1, 0.15) is 22.7 Å². The van der Waals surface area contributed by atoms with Crippen LogP contribution < -0.4 is 5.73 Å². The molecule has 1 aromatic rings. The number of aromatic hydroxyl groups is 1. The summed E-state index contributed by atoms with van der Waals surface area (Å²) in [6, 6.07) is 0.542. The number of phenols is 1. The molecule has 0 spiro atoms. The van der Waals surface area contributed by atoms with E-state index < -0.39 is 12.2 Å². The van der Waals surface area contributed by atoms with Gasteiger partial charge in [-0.3, -0.25) is 0 Å². The van der Waals surface area contributed by atoms with E-state index in [-0.39, 0.29) is 11.3 Å². The lowest BCUT2D eigenvalue weighted by molar-refractivity contribution is -0.149. The summed E-state index contributed by atoms with van der Waals surface area (Å²) in [5, 5.41) is 9.18. The quantitative estimate of drug-likeness (QED) is 0.762. The van der Waals surface area contributed by atoms with Crippen molar-refractivity contribution < 1.29 is 18.3 Å². The largest absolute Gasteiger partial charge is 0.508 e. The van der Waals surface area contributed by atoms with E-state index in [1.165, 1.54) is 26.0 Å². The highest BCUT2D eigenvalue weighted by atomic mass is 19.4. The molecular weight excluding hydrogens is 207 g/mol. The summed E-state index contributed by atoms with van der Waals surface area (Å²) in [7, 11) is 0. The van der Waals surface area contributed by atoms with E-state index in [1.807, 2.05) is 0 Å². The minimum atomic E-state index is -4.47. The van der Waals surface area contributed by atoms with Crippen molar-refractivity contribution in [1.29, 1.82) is 0 Å². The van der Waals surface area contributed by atoms with Crippen LogP contribution >= 0.6 is 0 Å². The van der Waals surface area contributed by atoms with Crippen LogP contribution in [0.5, 0.6) is 5.75 Å². The van der Waals surface area contributed by atoms with E-state index in [2.05, 4.69) is 0 Å². The molecule has 0 aromatic heterocycles. The second kappa shape index (κ2) is 3.73. The molecule has 2 nitrogen and oxygen atoms in total. The summed E-state index contributed by atoms with van der Waals surface area (Å²) in [5.41, 5.74) is 5.83. The third-order valence-corrected chi connectivity index (χ3v) is 2.24. The van der Waals surface area contributed by atoms with Crippen molar-refractivity contribution in [3.63, 3.8) is 0 Å². The molecule has 0 aliphatic rings. The Kier molecular flexibility index (Phi) is 2.95.